The average molecular weight is 554 g/mol. The number of ether oxygens (including phenoxy) is 6. The molecule has 0 heterocycles. The van der Waals surface area contributed by atoms with Gasteiger partial charge in [-0.05, 0) is 57.7 Å². The molecule has 1 aromatic rings. The van der Waals surface area contributed by atoms with Gasteiger partial charge < -0.3 is 33.7 Å². The molecule has 0 aliphatic carbocycles. The monoisotopic (exact) mass is 553 g/mol. The Balaban J connectivity index is 3.12. The summed E-state index contributed by atoms with van der Waals surface area (Å²) in [6.45, 7) is 11.0. The van der Waals surface area contributed by atoms with E-state index in [0.717, 1.165) is 12.8 Å². The Morgan fingerprint density at radius 1 is 0.795 bits per heavy atom. The van der Waals surface area contributed by atoms with Gasteiger partial charge in [0, 0.05) is 13.0 Å². The lowest BCUT2D eigenvalue weighted by atomic mass is 10.0. The summed E-state index contributed by atoms with van der Waals surface area (Å²) >= 11 is 0. The maximum Gasteiger partial charge on any atom is 0.514 e. The Morgan fingerprint density at radius 2 is 1.36 bits per heavy atom. The molecule has 0 bridgehead atoms. The van der Waals surface area contributed by atoms with Crippen LogP contribution in [0.1, 0.15) is 79.2 Å². The van der Waals surface area contributed by atoms with Gasteiger partial charge in [0.25, 0.3) is 0 Å². The lowest BCUT2D eigenvalue weighted by Gasteiger charge is -2.20. The minimum Gasteiger partial charge on any atom is -0.468 e. The van der Waals surface area contributed by atoms with Crippen LogP contribution in [-0.4, -0.2) is 62.3 Å². The fourth-order valence-electron chi connectivity index (χ4n) is 3.61. The fourth-order valence-corrected chi connectivity index (χ4v) is 3.61. The second kappa shape index (κ2) is 18.0. The molecule has 0 radical (unpaired) electrons. The van der Waals surface area contributed by atoms with Crippen LogP contribution in [0.15, 0.2) is 18.2 Å². The van der Waals surface area contributed by atoms with Crippen LogP contribution < -0.4 is 14.8 Å². The predicted molar refractivity (Wildman–Crippen MR) is 143 cm³/mol. The summed E-state index contributed by atoms with van der Waals surface area (Å²) in [6, 6.07) is 3.74. The third-order valence-corrected chi connectivity index (χ3v) is 5.58. The van der Waals surface area contributed by atoms with Gasteiger partial charge in [-0.3, -0.25) is 9.59 Å². The molecule has 0 aromatic heterocycles. The van der Waals surface area contributed by atoms with E-state index in [2.05, 4.69) is 5.32 Å². The maximum absolute atomic E-state index is 12.4. The lowest BCUT2D eigenvalue weighted by molar-refractivity contribution is -0.147. The van der Waals surface area contributed by atoms with E-state index in [1.54, 1.807) is 33.8 Å². The molecule has 11 heteroatoms. The van der Waals surface area contributed by atoms with Gasteiger partial charge >= 0.3 is 24.2 Å². The summed E-state index contributed by atoms with van der Waals surface area (Å²) in [4.78, 5) is 48.7. The highest BCUT2D eigenvalue weighted by molar-refractivity contribution is 5.76. The topological polar surface area (TPSA) is 136 Å². The van der Waals surface area contributed by atoms with E-state index in [1.165, 1.54) is 19.2 Å². The molecule has 0 spiro atoms. The molecule has 0 saturated heterocycles. The van der Waals surface area contributed by atoms with Crippen molar-refractivity contribution in [2.24, 2.45) is 0 Å². The summed E-state index contributed by atoms with van der Waals surface area (Å²) in [5.74, 6) is -1.00. The summed E-state index contributed by atoms with van der Waals surface area (Å²) in [7, 11) is 1.27. The predicted octanol–water partition coefficient (Wildman–Crippen LogP) is 5.11. The largest absolute Gasteiger partial charge is 0.514 e. The SMILES string of the molecule is CCCC(C)OC(=O)Oc1ccc(C[C@H](NCC(C)OC(=O)CC)C(=O)OC)cc1OC(=O)OC(C)CCC. The van der Waals surface area contributed by atoms with Gasteiger partial charge in [0.15, 0.2) is 11.5 Å². The first-order valence-electron chi connectivity index (χ1n) is 13.4. The molecule has 4 atom stereocenters. The Hall–Kier alpha value is -3.34. The van der Waals surface area contributed by atoms with Gasteiger partial charge in [0.05, 0.1) is 7.11 Å². The Morgan fingerprint density at radius 3 is 1.87 bits per heavy atom. The number of benzene rings is 1. The van der Waals surface area contributed by atoms with Crippen molar-refractivity contribution in [3.05, 3.63) is 23.8 Å². The molecule has 39 heavy (non-hydrogen) atoms. The smallest absolute Gasteiger partial charge is 0.468 e. The molecule has 0 amide bonds. The van der Waals surface area contributed by atoms with Crippen LogP contribution in [-0.2, 0) is 35.0 Å². The summed E-state index contributed by atoms with van der Waals surface area (Å²) in [5, 5.41) is 3.04. The van der Waals surface area contributed by atoms with Crippen molar-refractivity contribution in [1.82, 2.24) is 5.32 Å². The van der Waals surface area contributed by atoms with Crippen LogP contribution >= 0.6 is 0 Å². The van der Waals surface area contributed by atoms with Crippen molar-refractivity contribution in [2.75, 3.05) is 13.7 Å². The average Bonchev–Trinajstić information content (AvgIpc) is 2.87. The van der Waals surface area contributed by atoms with Crippen LogP contribution in [0.25, 0.3) is 0 Å². The second-order valence-electron chi connectivity index (χ2n) is 9.26. The molecule has 0 saturated carbocycles. The maximum atomic E-state index is 12.4. The van der Waals surface area contributed by atoms with Crippen molar-refractivity contribution in [1.29, 1.82) is 0 Å². The number of rotatable bonds is 16. The van der Waals surface area contributed by atoms with E-state index >= 15 is 0 Å². The third kappa shape index (κ3) is 13.3. The molecular weight excluding hydrogens is 510 g/mol. The zero-order valence-electron chi connectivity index (χ0n) is 24.1. The van der Waals surface area contributed by atoms with E-state index in [-0.39, 0.29) is 49.1 Å². The molecule has 1 rings (SSSR count). The number of methoxy groups -OCH3 is 1. The first kappa shape index (κ1) is 33.7. The third-order valence-electron chi connectivity index (χ3n) is 5.58. The minimum absolute atomic E-state index is 0.0461. The first-order chi connectivity index (χ1) is 18.5. The molecule has 1 N–H and O–H groups in total. The Kier molecular flexibility index (Phi) is 15.6. The molecule has 0 aliphatic heterocycles. The highest BCUT2D eigenvalue weighted by Gasteiger charge is 2.24. The van der Waals surface area contributed by atoms with Crippen LogP contribution in [0, 0.1) is 0 Å². The molecule has 0 aliphatic rings. The van der Waals surface area contributed by atoms with Crippen molar-refractivity contribution in [2.45, 2.75) is 104 Å². The number of hydrogen-bond acceptors (Lipinski definition) is 11. The van der Waals surface area contributed by atoms with Crippen molar-refractivity contribution < 1.29 is 47.6 Å². The number of esters is 2. The summed E-state index contributed by atoms with van der Waals surface area (Å²) in [6.07, 6.45) is 0.251. The van der Waals surface area contributed by atoms with Gasteiger partial charge in [0.2, 0.25) is 0 Å². The zero-order valence-corrected chi connectivity index (χ0v) is 24.1. The number of carbonyl (C=O) groups is 4. The Labute approximate surface area is 230 Å². The van der Waals surface area contributed by atoms with E-state index in [9.17, 15) is 19.2 Å². The van der Waals surface area contributed by atoms with Crippen LogP contribution in [0.5, 0.6) is 11.5 Å². The standard InChI is InChI=1S/C28H43NO10/c1-8-11-18(4)36-27(32)38-23-14-13-21(16-24(23)39-28(33)37-19(5)12-9-2)15-22(26(31)34-7)29-17-20(6)35-25(30)10-3/h13-14,16,18-20,22,29H,8-12,15,17H2,1-7H3/t18?,19?,20?,22-/m0/s1. The van der Waals surface area contributed by atoms with Crippen molar-refractivity contribution >= 4 is 24.2 Å². The van der Waals surface area contributed by atoms with Crippen molar-refractivity contribution in [3.8, 4) is 11.5 Å². The van der Waals surface area contributed by atoms with Gasteiger partial charge in [-0.2, -0.15) is 0 Å². The van der Waals surface area contributed by atoms with Gasteiger partial charge in [0.1, 0.15) is 24.4 Å². The van der Waals surface area contributed by atoms with Gasteiger partial charge in [-0.25, -0.2) is 9.59 Å². The lowest BCUT2D eigenvalue weighted by Crippen LogP contribution is -2.43. The summed E-state index contributed by atoms with van der Waals surface area (Å²) in [5.41, 5.74) is 0.570. The second-order valence-corrected chi connectivity index (χ2v) is 9.26. The zero-order chi connectivity index (χ0) is 29.4. The van der Waals surface area contributed by atoms with Crippen LogP contribution in [0.3, 0.4) is 0 Å². The van der Waals surface area contributed by atoms with Crippen LogP contribution in [0.4, 0.5) is 9.59 Å². The number of carbonyl (C=O) groups excluding carboxylic acids is 4. The minimum atomic E-state index is -0.958. The quantitative estimate of drug-likeness (QED) is 0.166. The first-order valence-corrected chi connectivity index (χ1v) is 13.4. The van der Waals surface area contributed by atoms with Crippen LogP contribution in [0.2, 0.25) is 0 Å². The van der Waals surface area contributed by atoms with Crippen molar-refractivity contribution in [3.63, 3.8) is 0 Å². The molecule has 220 valence electrons. The molecule has 3 unspecified atom stereocenters. The normalized spacial score (nSPS) is 13.8. The summed E-state index contributed by atoms with van der Waals surface area (Å²) < 4.78 is 31.4. The molecule has 0 fully saturated rings. The molecular formula is C28H43NO10. The number of hydrogen-bond donors (Lipinski definition) is 1. The molecule has 1 aromatic carbocycles. The van der Waals surface area contributed by atoms with E-state index in [0.29, 0.717) is 18.4 Å². The Bertz CT molecular complexity index is 935. The van der Waals surface area contributed by atoms with E-state index in [1.807, 2.05) is 13.8 Å². The van der Waals surface area contributed by atoms with E-state index < -0.39 is 30.4 Å². The number of nitrogens with one attached hydrogen (secondary N) is 1. The van der Waals surface area contributed by atoms with E-state index in [4.69, 9.17) is 28.4 Å². The van der Waals surface area contributed by atoms with Gasteiger partial charge in [-0.1, -0.05) is 39.7 Å². The molecule has 11 nitrogen and oxygen atoms in total. The highest BCUT2D eigenvalue weighted by atomic mass is 16.7. The highest BCUT2D eigenvalue weighted by Crippen LogP contribution is 2.30. The fraction of sp³-hybridized carbons (Fsp3) is 0.643. The van der Waals surface area contributed by atoms with Gasteiger partial charge in [-0.15, -0.1) is 0 Å².